The van der Waals surface area contributed by atoms with Crippen LogP contribution in [0.2, 0.25) is 0 Å². The lowest BCUT2D eigenvalue weighted by molar-refractivity contribution is -0.133. The second-order valence-corrected chi connectivity index (χ2v) is 7.62. The van der Waals surface area contributed by atoms with Gasteiger partial charge in [0.1, 0.15) is 11.6 Å². The van der Waals surface area contributed by atoms with Crippen molar-refractivity contribution in [3.63, 3.8) is 0 Å². The summed E-state index contributed by atoms with van der Waals surface area (Å²) in [6.07, 6.45) is 1.02. The van der Waals surface area contributed by atoms with E-state index in [0.29, 0.717) is 10.7 Å². The molecule has 0 spiro atoms. The Bertz CT molecular complexity index is 1030. The van der Waals surface area contributed by atoms with Crippen LogP contribution in [0.15, 0.2) is 59.8 Å². The SMILES string of the molecule is Cn1cc(NC(=O)OCC2c3ccccc3-c3ccccc32)c(SCC(=O)O)n1. The van der Waals surface area contributed by atoms with Crippen LogP contribution in [0.1, 0.15) is 17.0 Å². The first-order valence-electron chi connectivity index (χ1n) is 9.03. The minimum atomic E-state index is -0.951. The number of carboxylic acid groups (broad SMARTS) is 1. The maximum atomic E-state index is 12.4. The first kappa shape index (κ1) is 19.1. The summed E-state index contributed by atoms with van der Waals surface area (Å²) in [6.45, 7) is 0.206. The molecule has 4 rings (SSSR count). The quantitative estimate of drug-likeness (QED) is 0.599. The Kier molecular flexibility index (Phi) is 5.26. The molecule has 29 heavy (non-hydrogen) atoms. The summed E-state index contributed by atoms with van der Waals surface area (Å²) in [4.78, 5) is 23.2. The van der Waals surface area contributed by atoms with Gasteiger partial charge in [-0.2, -0.15) is 5.10 Å². The monoisotopic (exact) mass is 409 g/mol. The fourth-order valence-corrected chi connectivity index (χ4v) is 4.24. The minimum absolute atomic E-state index is 0.0251. The molecule has 0 saturated heterocycles. The number of aliphatic carboxylic acids is 1. The van der Waals surface area contributed by atoms with E-state index in [1.54, 1.807) is 13.2 Å². The van der Waals surface area contributed by atoms with Crippen molar-refractivity contribution >= 4 is 29.5 Å². The third-order valence-electron chi connectivity index (χ3n) is 4.71. The summed E-state index contributed by atoms with van der Waals surface area (Å²) in [5.41, 5.74) is 5.03. The second-order valence-electron chi connectivity index (χ2n) is 6.65. The third kappa shape index (κ3) is 3.97. The molecule has 0 saturated carbocycles. The topological polar surface area (TPSA) is 93.5 Å². The highest BCUT2D eigenvalue weighted by Crippen LogP contribution is 2.44. The van der Waals surface area contributed by atoms with Gasteiger partial charge < -0.3 is 9.84 Å². The summed E-state index contributed by atoms with van der Waals surface area (Å²) < 4.78 is 7.04. The molecule has 0 unspecified atom stereocenters. The van der Waals surface area contributed by atoms with E-state index in [4.69, 9.17) is 9.84 Å². The molecular weight excluding hydrogens is 390 g/mol. The van der Waals surface area contributed by atoms with Crippen molar-refractivity contribution in [3.8, 4) is 11.1 Å². The number of amides is 1. The number of fused-ring (bicyclic) bond motifs is 3. The first-order chi connectivity index (χ1) is 14.0. The number of aromatic nitrogens is 2. The molecule has 0 aliphatic heterocycles. The van der Waals surface area contributed by atoms with Crippen molar-refractivity contribution in [2.75, 3.05) is 17.7 Å². The Morgan fingerprint density at radius 2 is 1.76 bits per heavy atom. The number of nitrogens with one attached hydrogen (secondary N) is 1. The molecule has 8 heteroatoms. The van der Waals surface area contributed by atoms with Gasteiger partial charge in [0.05, 0.1) is 11.4 Å². The molecule has 7 nitrogen and oxygen atoms in total. The van der Waals surface area contributed by atoms with Gasteiger partial charge in [-0.25, -0.2) is 4.79 Å². The molecule has 2 N–H and O–H groups in total. The summed E-state index contributed by atoms with van der Waals surface area (Å²) in [5, 5.41) is 16.1. The van der Waals surface area contributed by atoms with Gasteiger partial charge in [-0.15, -0.1) is 0 Å². The Morgan fingerprint density at radius 3 is 2.38 bits per heavy atom. The van der Waals surface area contributed by atoms with Crippen molar-refractivity contribution in [2.24, 2.45) is 7.05 Å². The zero-order valence-corrected chi connectivity index (χ0v) is 16.5. The van der Waals surface area contributed by atoms with Gasteiger partial charge in [0.25, 0.3) is 0 Å². The number of hydrogen-bond donors (Lipinski definition) is 2. The highest BCUT2D eigenvalue weighted by Gasteiger charge is 2.29. The molecule has 1 heterocycles. The number of hydrogen-bond acceptors (Lipinski definition) is 5. The van der Waals surface area contributed by atoms with Crippen molar-refractivity contribution < 1.29 is 19.4 Å². The van der Waals surface area contributed by atoms with E-state index >= 15 is 0 Å². The summed E-state index contributed by atoms with van der Waals surface area (Å²) in [7, 11) is 1.70. The lowest BCUT2D eigenvalue weighted by atomic mass is 9.98. The number of benzene rings is 2. The van der Waals surface area contributed by atoms with Crippen LogP contribution >= 0.6 is 11.8 Å². The normalized spacial score (nSPS) is 12.3. The Balaban J connectivity index is 1.45. The van der Waals surface area contributed by atoms with Gasteiger partial charge in [-0.3, -0.25) is 14.8 Å². The highest BCUT2D eigenvalue weighted by atomic mass is 32.2. The van der Waals surface area contributed by atoms with Crippen molar-refractivity contribution in [2.45, 2.75) is 10.9 Å². The highest BCUT2D eigenvalue weighted by molar-refractivity contribution is 8.00. The maximum absolute atomic E-state index is 12.4. The smallest absolute Gasteiger partial charge is 0.411 e. The molecule has 0 bridgehead atoms. The fourth-order valence-electron chi connectivity index (χ4n) is 3.53. The molecule has 0 atom stereocenters. The molecule has 1 aliphatic rings. The van der Waals surface area contributed by atoms with Crippen LogP contribution in [0.25, 0.3) is 11.1 Å². The third-order valence-corrected chi connectivity index (χ3v) is 5.67. The average Bonchev–Trinajstić information content (AvgIpc) is 3.22. The van der Waals surface area contributed by atoms with E-state index in [1.807, 2.05) is 24.3 Å². The number of carboxylic acids is 1. The predicted molar refractivity (Wildman–Crippen MR) is 110 cm³/mol. The van der Waals surface area contributed by atoms with Crippen molar-refractivity contribution in [1.29, 1.82) is 0 Å². The number of nitrogens with zero attached hydrogens (tertiary/aromatic N) is 2. The Labute approximate surface area is 171 Å². The second kappa shape index (κ2) is 8.00. The summed E-state index contributed by atoms with van der Waals surface area (Å²) in [5.74, 6) is -1.12. The van der Waals surface area contributed by atoms with Crippen LogP contribution < -0.4 is 5.32 Å². The fraction of sp³-hybridized carbons (Fsp3) is 0.190. The molecule has 1 amide bonds. The standard InChI is InChI=1S/C21H19N3O4S/c1-24-10-18(20(23-24)29-12-19(25)26)22-21(27)28-11-17-15-8-4-2-6-13(15)14-7-3-5-9-16(14)17/h2-10,17H,11-12H2,1H3,(H,22,27)(H,25,26). The van der Waals surface area contributed by atoms with E-state index in [0.717, 1.165) is 34.0 Å². The zero-order valence-electron chi connectivity index (χ0n) is 15.7. The maximum Gasteiger partial charge on any atom is 0.411 e. The Hall–Kier alpha value is -3.26. The number of carbonyl (C=O) groups excluding carboxylic acids is 1. The molecule has 3 aromatic rings. The lowest BCUT2D eigenvalue weighted by Gasteiger charge is -2.14. The minimum Gasteiger partial charge on any atom is -0.481 e. The van der Waals surface area contributed by atoms with E-state index in [9.17, 15) is 9.59 Å². The molecular formula is C21H19N3O4S. The van der Waals surface area contributed by atoms with E-state index < -0.39 is 12.1 Å². The van der Waals surface area contributed by atoms with Crippen LogP contribution in [-0.4, -0.2) is 39.3 Å². The van der Waals surface area contributed by atoms with E-state index in [-0.39, 0.29) is 18.3 Å². The molecule has 1 aromatic heterocycles. The first-order valence-corrected chi connectivity index (χ1v) is 10.0. The van der Waals surface area contributed by atoms with Crippen molar-refractivity contribution in [1.82, 2.24) is 9.78 Å². The van der Waals surface area contributed by atoms with E-state index in [1.165, 1.54) is 4.68 Å². The number of anilines is 1. The summed E-state index contributed by atoms with van der Waals surface area (Å²) >= 11 is 1.04. The molecule has 1 aliphatic carbocycles. The van der Waals surface area contributed by atoms with Gasteiger partial charge in [0.15, 0.2) is 0 Å². The number of aryl methyl sites for hydroxylation is 1. The van der Waals surface area contributed by atoms with Gasteiger partial charge in [0.2, 0.25) is 0 Å². The molecule has 0 radical (unpaired) electrons. The van der Waals surface area contributed by atoms with Crippen molar-refractivity contribution in [3.05, 3.63) is 65.9 Å². The van der Waals surface area contributed by atoms with Crippen LogP contribution in [0, 0.1) is 0 Å². The zero-order chi connectivity index (χ0) is 20.4. The van der Waals surface area contributed by atoms with Crippen LogP contribution in [0.4, 0.5) is 10.5 Å². The largest absolute Gasteiger partial charge is 0.481 e. The average molecular weight is 409 g/mol. The van der Waals surface area contributed by atoms with Gasteiger partial charge >= 0.3 is 12.1 Å². The van der Waals surface area contributed by atoms with Crippen LogP contribution in [-0.2, 0) is 16.6 Å². The predicted octanol–water partition coefficient (Wildman–Crippen LogP) is 3.96. The number of carbonyl (C=O) groups is 2. The molecule has 148 valence electrons. The lowest BCUT2D eigenvalue weighted by Crippen LogP contribution is -2.18. The number of rotatable bonds is 6. The van der Waals surface area contributed by atoms with Crippen LogP contribution in [0.3, 0.4) is 0 Å². The summed E-state index contributed by atoms with van der Waals surface area (Å²) in [6, 6.07) is 16.3. The molecule has 0 fully saturated rings. The molecule has 2 aromatic carbocycles. The van der Waals surface area contributed by atoms with E-state index in [2.05, 4.69) is 34.7 Å². The van der Waals surface area contributed by atoms with Gasteiger partial charge in [-0.05, 0) is 22.3 Å². The Morgan fingerprint density at radius 1 is 1.14 bits per heavy atom. The van der Waals surface area contributed by atoms with Gasteiger partial charge in [0, 0.05) is 19.2 Å². The number of thioether (sulfide) groups is 1. The van der Waals surface area contributed by atoms with Gasteiger partial charge in [-0.1, -0.05) is 60.3 Å². The number of ether oxygens (including phenoxy) is 1. The van der Waals surface area contributed by atoms with Crippen LogP contribution in [0.5, 0.6) is 0 Å².